The van der Waals surface area contributed by atoms with E-state index < -0.39 is 0 Å². The molecular weight excluding hydrogens is 268 g/mol. The van der Waals surface area contributed by atoms with Gasteiger partial charge >= 0.3 is 0 Å². The minimum Gasteiger partial charge on any atom is -0.497 e. The number of carbonyl (C=O) groups excluding carboxylic acids is 1. The van der Waals surface area contributed by atoms with Crippen LogP contribution in [0.15, 0.2) is 24.3 Å². The molecule has 1 fully saturated rings. The summed E-state index contributed by atoms with van der Waals surface area (Å²) in [6.07, 6.45) is 3.09. The summed E-state index contributed by atoms with van der Waals surface area (Å²) in [5, 5.41) is 2.88. The van der Waals surface area contributed by atoms with Crippen LogP contribution in [0.25, 0.3) is 0 Å². The lowest BCUT2D eigenvalue weighted by atomic mass is 10.3. The molecule has 116 valence electrons. The molecule has 0 atom stereocenters. The second kappa shape index (κ2) is 8.52. The van der Waals surface area contributed by atoms with Gasteiger partial charge in [0.2, 0.25) is 5.91 Å². The second-order valence-corrected chi connectivity index (χ2v) is 5.17. The fourth-order valence-electron chi connectivity index (χ4n) is 2.39. The Morgan fingerprint density at radius 2 is 1.86 bits per heavy atom. The summed E-state index contributed by atoms with van der Waals surface area (Å²) >= 11 is 0. The minimum absolute atomic E-state index is 0.0974. The molecule has 1 saturated heterocycles. The normalized spacial score (nSPS) is 14.9. The van der Waals surface area contributed by atoms with Gasteiger partial charge < -0.3 is 19.7 Å². The molecule has 0 unspecified atom stereocenters. The van der Waals surface area contributed by atoms with Crippen LogP contribution < -0.4 is 14.8 Å². The van der Waals surface area contributed by atoms with Gasteiger partial charge in [-0.1, -0.05) is 0 Å². The average molecular weight is 292 g/mol. The highest BCUT2D eigenvalue weighted by Crippen LogP contribution is 2.16. The number of carbonyl (C=O) groups is 1. The van der Waals surface area contributed by atoms with Gasteiger partial charge in [0.1, 0.15) is 18.1 Å². The van der Waals surface area contributed by atoms with Crippen LogP contribution in [-0.4, -0.2) is 50.7 Å². The van der Waals surface area contributed by atoms with Gasteiger partial charge in [-0.2, -0.15) is 0 Å². The predicted molar refractivity (Wildman–Crippen MR) is 81.8 cm³/mol. The zero-order valence-electron chi connectivity index (χ0n) is 12.6. The first-order valence-electron chi connectivity index (χ1n) is 7.54. The zero-order chi connectivity index (χ0) is 14.9. The number of benzene rings is 1. The maximum absolute atomic E-state index is 11.7. The van der Waals surface area contributed by atoms with Crippen LogP contribution in [0.2, 0.25) is 0 Å². The van der Waals surface area contributed by atoms with Gasteiger partial charge in [0.25, 0.3) is 0 Å². The van der Waals surface area contributed by atoms with Crippen LogP contribution >= 0.6 is 0 Å². The van der Waals surface area contributed by atoms with E-state index in [1.54, 1.807) is 7.11 Å². The summed E-state index contributed by atoms with van der Waals surface area (Å²) in [6.45, 7) is 4.14. The largest absolute Gasteiger partial charge is 0.497 e. The monoisotopic (exact) mass is 292 g/mol. The fourth-order valence-corrected chi connectivity index (χ4v) is 2.39. The summed E-state index contributed by atoms with van der Waals surface area (Å²) in [6, 6.07) is 7.41. The van der Waals surface area contributed by atoms with Gasteiger partial charge in [-0.05, 0) is 50.2 Å². The molecule has 1 aliphatic rings. The number of amides is 1. The molecule has 1 aromatic carbocycles. The molecule has 1 amide bonds. The predicted octanol–water partition coefficient (Wildman–Crippen LogP) is 1.68. The van der Waals surface area contributed by atoms with Gasteiger partial charge in [0.05, 0.1) is 13.7 Å². The number of ether oxygens (including phenoxy) is 2. The molecule has 0 bridgehead atoms. The summed E-state index contributed by atoms with van der Waals surface area (Å²) in [4.78, 5) is 14.0. The second-order valence-electron chi connectivity index (χ2n) is 5.17. The smallest absolute Gasteiger partial charge is 0.221 e. The number of nitrogens with zero attached hydrogens (tertiary/aromatic N) is 1. The maximum Gasteiger partial charge on any atom is 0.221 e. The van der Waals surface area contributed by atoms with Crippen molar-refractivity contribution in [2.75, 3.05) is 39.9 Å². The van der Waals surface area contributed by atoms with Gasteiger partial charge in [-0.25, -0.2) is 0 Å². The van der Waals surface area contributed by atoms with E-state index in [1.165, 1.54) is 12.8 Å². The van der Waals surface area contributed by atoms with Crippen LogP contribution in [-0.2, 0) is 4.79 Å². The first-order chi connectivity index (χ1) is 10.3. The summed E-state index contributed by atoms with van der Waals surface area (Å²) < 4.78 is 10.6. The van der Waals surface area contributed by atoms with Gasteiger partial charge in [-0.3, -0.25) is 4.79 Å². The molecule has 1 N–H and O–H groups in total. The highest BCUT2D eigenvalue weighted by molar-refractivity contribution is 5.76. The fraction of sp³-hybridized carbons (Fsp3) is 0.562. The Morgan fingerprint density at radius 3 is 2.52 bits per heavy atom. The number of hydrogen-bond acceptors (Lipinski definition) is 4. The number of rotatable bonds is 8. The third-order valence-corrected chi connectivity index (χ3v) is 3.61. The third-order valence-electron chi connectivity index (χ3n) is 3.61. The summed E-state index contributed by atoms with van der Waals surface area (Å²) in [5.41, 5.74) is 0. The number of hydrogen-bond donors (Lipinski definition) is 1. The van der Waals surface area contributed by atoms with E-state index in [0.717, 1.165) is 31.1 Å². The Balaban J connectivity index is 1.54. The molecule has 0 aromatic heterocycles. The van der Waals surface area contributed by atoms with Gasteiger partial charge in [0, 0.05) is 13.0 Å². The Bertz CT molecular complexity index is 428. The Kier molecular flexibility index (Phi) is 6.34. The van der Waals surface area contributed by atoms with E-state index in [4.69, 9.17) is 9.47 Å². The van der Waals surface area contributed by atoms with Crippen molar-refractivity contribution >= 4 is 5.91 Å². The first-order valence-corrected chi connectivity index (χ1v) is 7.54. The first kappa shape index (κ1) is 15.6. The van der Waals surface area contributed by atoms with Crippen LogP contribution in [0.4, 0.5) is 0 Å². The topological polar surface area (TPSA) is 50.8 Å². The highest BCUT2D eigenvalue weighted by atomic mass is 16.5. The Hall–Kier alpha value is -1.75. The average Bonchev–Trinajstić information content (AvgIpc) is 3.03. The molecule has 0 saturated carbocycles. The van der Waals surface area contributed by atoms with Crippen molar-refractivity contribution < 1.29 is 14.3 Å². The summed E-state index contributed by atoms with van der Waals surface area (Å²) in [5.74, 6) is 1.68. The zero-order valence-corrected chi connectivity index (χ0v) is 12.6. The van der Waals surface area contributed by atoms with E-state index in [9.17, 15) is 4.79 Å². The quantitative estimate of drug-likeness (QED) is 0.741. The molecule has 1 aliphatic heterocycles. The van der Waals surface area contributed by atoms with E-state index in [1.807, 2.05) is 24.3 Å². The molecule has 0 radical (unpaired) electrons. The maximum atomic E-state index is 11.7. The number of nitrogens with one attached hydrogen (secondary N) is 1. The lowest BCUT2D eigenvalue weighted by Gasteiger charge is -2.14. The lowest BCUT2D eigenvalue weighted by molar-refractivity contribution is -0.121. The lowest BCUT2D eigenvalue weighted by Crippen LogP contribution is -2.31. The third kappa shape index (κ3) is 5.63. The Morgan fingerprint density at radius 1 is 1.19 bits per heavy atom. The van der Waals surface area contributed by atoms with Crippen molar-refractivity contribution in [1.82, 2.24) is 10.2 Å². The molecular formula is C16H24N2O3. The summed E-state index contributed by atoms with van der Waals surface area (Å²) in [7, 11) is 1.63. The van der Waals surface area contributed by atoms with Crippen molar-refractivity contribution in [3.63, 3.8) is 0 Å². The number of methoxy groups -OCH3 is 1. The molecule has 1 aromatic rings. The van der Waals surface area contributed by atoms with E-state index >= 15 is 0 Å². The van der Waals surface area contributed by atoms with Gasteiger partial charge in [0.15, 0.2) is 0 Å². The molecule has 0 aliphatic carbocycles. The Labute approximate surface area is 126 Å². The van der Waals surface area contributed by atoms with Crippen LogP contribution in [0.3, 0.4) is 0 Å². The minimum atomic E-state index is 0.0974. The number of likely N-dealkylation sites (tertiary alicyclic amines) is 1. The van der Waals surface area contributed by atoms with Crippen molar-refractivity contribution in [2.45, 2.75) is 19.3 Å². The van der Waals surface area contributed by atoms with E-state index in [0.29, 0.717) is 19.6 Å². The van der Waals surface area contributed by atoms with Crippen LogP contribution in [0, 0.1) is 0 Å². The van der Waals surface area contributed by atoms with E-state index in [-0.39, 0.29) is 5.91 Å². The molecule has 5 nitrogen and oxygen atoms in total. The van der Waals surface area contributed by atoms with Crippen LogP contribution in [0.5, 0.6) is 11.5 Å². The van der Waals surface area contributed by atoms with Crippen molar-refractivity contribution in [2.24, 2.45) is 0 Å². The standard InChI is InChI=1S/C16H24N2O3/c1-20-14-4-6-15(7-5-14)21-13-9-17-16(19)8-12-18-10-2-3-11-18/h4-7H,2-3,8-13H2,1H3,(H,17,19). The van der Waals surface area contributed by atoms with Crippen molar-refractivity contribution in [1.29, 1.82) is 0 Å². The van der Waals surface area contributed by atoms with Crippen LogP contribution in [0.1, 0.15) is 19.3 Å². The molecule has 2 rings (SSSR count). The van der Waals surface area contributed by atoms with Crippen molar-refractivity contribution in [3.05, 3.63) is 24.3 Å². The molecule has 5 heteroatoms. The molecule has 21 heavy (non-hydrogen) atoms. The SMILES string of the molecule is COc1ccc(OCCNC(=O)CCN2CCCC2)cc1. The van der Waals surface area contributed by atoms with Crippen molar-refractivity contribution in [3.8, 4) is 11.5 Å². The van der Waals surface area contributed by atoms with Gasteiger partial charge in [-0.15, -0.1) is 0 Å². The van der Waals surface area contributed by atoms with E-state index in [2.05, 4.69) is 10.2 Å². The highest BCUT2D eigenvalue weighted by Gasteiger charge is 2.12. The molecule has 0 spiro atoms. The molecule has 1 heterocycles.